The quantitative estimate of drug-likeness (QED) is 0.629. The molecular weight excluding hydrogens is 254 g/mol. The molecule has 1 rings (SSSR count). The molecule has 1 aromatic carbocycles. The number of hydrogen-bond acceptors (Lipinski definition) is 3. The van der Waals surface area contributed by atoms with Gasteiger partial charge < -0.3 is 16.0 Å². The highest BCUT2D eigenvalue weighted by atomic mass is 16.2. The molecule has 0 atom stereocenters. The Morgan fingerprint density at radius 1 is 1.10 bits per heavy atom. The van der Waals surface area contributed by atoms with Gasteiger partial charge in [0.25, 0.3) is 0 Å². The van der Waals surface area contributed by atoms with Crippen molar-refractivity contribution in [1.29, 1.82) is 0 Å². The van der Waals surface area contributed by atoms with Crippen LogP contribution in [-0.4, -0.2) is 31.4 Å². The largest absolute Gasteiger partial charge is 0.356 e. The van der Waals surface area contributed by atoms with Crippen LogP contribution in [0.15, 0.2) is 30.3 Å². The third kappa shape index (κ3) is 7.53. The monoisotopic (exact) mass is 277 g/mol. The number of benzene rings is 1. The predicted octanol–water partition coefficient (Wildman–Crippen LogP) is 1.38. The van der Waals surface area contributed by atoms with Gasteiger partial charge in [-0.05, 0) is 18.1 Å². The molecule has 3 N–H and O–H groups in total. The van der Waals surface area contributed by atoms with E-state index in [4.69, 9.17) is 0 Å². The van der Waals surface area contributed by atoms with E-state index < -0.39 is 0 Å². The van der Waals surface area contributed by atoms with Crippen molar-refractivity contribution >= 4 is 17.5 Å². The minimum atomic E-state index is -0.112. The minimum Gasteiger partial charge on any atom is -0.356 e. The molecule has 0 unspecified atom stereocenters. The summed E-state index contributed by atoms with van der Waals surface area (Å²) in [5, 5.41) is 8.55. The zero-order valence-corrected chi connectivity index (χ0v) is 12.1. The van der Waals surface area contributed by atoms with E-state index in [1.165, 1.54) is 0 Å². The molecule has 0 heterocycles. The molecule has 5 nitrogen and oxygen atoms in total. The Morgan fingerprint density at radius 3 is 2.45 bits per heavy atom. The van der Waals surface area contributed by atoms with E-state index in [0.29, 0.717) is 25.4 Å². The third-order valence-electron chi connectivity index (χ3n) is 2.58. The summed E-state index contributed by atoms with van der Waals surface area (Å²) in [4.78, 5) is 23.0. The van der Waals surface area contributed by atoms with Gasteiger partial charge in [0.2, 0.25) is 11.8 Å². The van der Waals surface area contributed by atoms with E-state index >= 15 is 0 Å². The summed E-state index contributed by atoms with van der Waals surface area (Å²) in [5.41, 5.74) is 0.772. The summed E-state index contributed by atoms with van der Waals surface area (Å²) >= 11 is 0. The van der Waals surface area contributed by atoms with Gasteiger partial charge in [0.15, 0.2) is 0 Å². The summed E-state index contributed by atoms with van der Waals surface area (Å²) in [7, 11) is 0. The first kappa shape index (κ1) is 16.2. The Morgan fingerprint density at radius 2 is 1.80 bits per heavy atom. The van der Waals surface area contributed by atoms with Crippen LogP contribution in [0, 0.1) is 5.92 Å². The number of nitrogens with one attached hydrogen (secondary N) is 3. The van der Waals surface area contributed by atoms with Crippen molar-refractivity contribution in [2.45, 2.75) is 20.3 Å². The maximum absolute atomic E-state index is 11.6. The predicted molar refractivity (Wildman–Crippen MR) is 80.4 cm³/mol. The molecular formula is C15H23N3O2. The van der Waals surface area contributed by atoms with Gasteiger partial charge in [0.1, 0.15) is 0 Å². The lowest BCUT2D eigenvalue weighted by Crippen LogP contribution is -2.33. The van der Waals surface area contributed by atoms with E-state index in [-0.39, 0.29) is 18.4 Å². The number of carbonyl (C=O) groups excluding carboxylic acids is 2. The summed E-state index contributed by atoms with van der Waals surface area (Å²) in [5.74, 6) is 0.344. The van der Waals surface area contributed by atoms with E-state index in [9.17, 15) is 9.59 Å². The number of hydrogen-bond donors (Lipinski definition) is 3. The minimum absolute atomic E-state index is 0.00895. The normalized spacial score (nSPS) is 10.3. The fourth-order valence-corrected chi connectivity index (χ4v) is 1.54. The molecule has 2 amide bonds. The molecule has 0 radical (unpaired) electrons. The van der Waals surface area contributed by atoms with Crippen molar-refractivity contribution in [1.82, 2.24) is 10.6 Å². The SMILES string of the molecule is CC(C)CNC(=O)CCNCC(=O)Nc1ccccc1. The number of anilines is 1. The molecule has 0 aromatic heterocycles. The van der Waals surface area contributed by atoms with Crippen molar-refractivity contribution < 1.29 is 9.59 Å². The van der Waals surface area contributed by atoms with Crippen LogP contribution in [0.5, 0.6) is 0 Å². The van der Waals surface area contributed by atoms with Crippen molar-refractivity contribution in [2.75, 3.05) is 25.0 Å². The third-order valence-corrected chi connectivity index (χ3v) is 2.58. The Bertz CT molecular complexity index is 418. The highest BCUT2D eigenvalue weighted by Gasteiger charge is 2.04. The number of amides is 2. The van der Waals surface area contributed by atoms with E-state index in [2.05, 4.69) is 16.0 Å². The average Bonchev–Trinajstić information content (AvgIpc) is 2.42. The number of para-hydroxylation sites is 1. The molecule has 1 aromatic rings. The van der Waals surface area contributed by atoms with Gasteiger partial charge in [-0.1, -0.05) is 32.0 Å². The Kier molecular flexibility index (Phi) is 7.35. The lowest BCUT2D eigenvalue weighted by Gasteiger charge is -2.08. The fourth-order valence-electron chi connectivity index (χ4n) is 1.54. The van der Waals surface area contributed by atoms with Crippen molar-refractivity contribution in [3.63, 3.8) is 0 Å². The molecule has 0 aliphatic carbocycles. The number of rotatable bonds is 8. The van der Waals surface area contributed by atoms with Crippen LogP contribution in [-0.2, 0) is 9.59 Å². The van der Waals surface area contributed by atoms with Crippen LogP contribution < -0.4 is 16.0 Å². The van der Waals surface area contributed by atoms with Crippen LogP contribution in [0.1, 0.15) is 20.3 Å². The molecule has 0 spiro atoms. The van der Waals surface area contributed by atoms with Gasteiger partial charge in [-0.25, -0.2) is 0 Å². The molecule has 0 aliphatic heterocycles. The van der Waals surface area contributed by atoms with E-state index in [1.54, 1.807) is 0 Å². The summed E-state index contributed by atoms with van der Waals surface area (Å²) in [6.07, 6.45) is 0.380. The number of carbonyl (C=O) groups is 2. The molecule has 0 saturated carbocycles. The van der Waals surface area contributed by atoms with Crippen molar-refractivity contribution in [3.8, 4) is 0 Å². The first-order valence-corrected chi connectivity index (χ1v) is 6.90. The molecule has 0 saturated heterocycles. The molecule has 0 aliphatic rings. The van der Waals surface area contributed by atoms with Gasteiger partial charge in [0.05, 0.1) is 6.54 Å². The molecule has 5 heteroatoms. The van der Waals surface area contributed by atoms with Crippen LogP contribution in [0.2, 0.25) is 0 Å². The molecule has 0 bridgehead atoms. The smallest absolute Gasteiger partial charge is 0.238 e. The standard InChI is InChI=1S/C15H23N3O2/c1-12(2)10-17-14(19)8-9-16-11-15(20)18-13-6-4-3-5-7-13/h3-7,12,16H,8-11H2,1-2H3,(H,17,19)(H,18,20). The van der Waals surface area contributed by atoms with Gasteiger partial charge in [-0.15, -0.1) is 0 Å². The van der Waals surface area contributed by atoms with E-state index in [1.807, 2.05) is 44.2 Å². The molecule has 0 fully saturated rings. The summed E-state index contributed by atoms with van der Waals surface area (Å²) in [6, 6.07) is 9.28. The second-order valence-corrected chi connectivity index (χ2v) is 5.04. The van der Waals surface area contributed by atoms with Gasteiger partial charge >= 0.3 is 0 Å². The van der Waals surface area contributed by atoms with Crippen LogP contribution in [0.4, 0.5) is 5.69 Å². The maximum atomic E-state index is 11.6. The highest BCUT2D eigenvalue weighted by Crippen LogP contribution is 2.03. The topological polar surface area (TPSA) is 70.2 Å². The van der Waals surface area contributed by atoms with Crippen molar-refractivity contribution in [3.05, 3.63) is 30.3 Å². The van der Waals surface area contributed by atoms with Crippen LogP contribution in [0.25, 0.3) is 0 Å². The first-order valence-electron chi connectivity index (χ1n) is 6.90. The van der Waals surface area contributed by atoms with Crippen LogP contribution in [0.3, 0.4) is 0 Å². The fraction of sp³-hybridized carbons (Fsp3) is 0.467. The van der Waals surface area contributed by atoms with Gasteiger partial charge in [0, 0.05) is 25.2 Å². The van der Waals surface area contributed by atoms with E-state index in [0.717, 1.165) is 5.69 Å². The van der Waals surface area contributed by atoms with Gasteiger partial charge in [-0.2, -0.15) is 0 Å². The Hall–Kier alpha value is -1.88. The van der Waals surface area contributed by atoms with Crippen molar-refractivity contribution in [2.24, 2.45) is 5.92 Å². The van der Waals surface area contributed by atoms with Gasteiger partial charge in [-0.3, -0.25) is 9.59 Å². The second kappa shape index (κ2) is 9.09. The van der Waals surface area contributed by atoms with Crippen LogP contribution >= 0.6 is 0 Å². The maximum Gasteiger partial charge on any atom is 0.238 e. The zero-order valence-electron chi connectivity index (χ0n) is 12.1. The first-order chi connectivity index (χ1) is 9.58. The Labute approximate surface area is 120 Å². The Balaban J connectivity index is 2.09. The highest BCUT2D eigenvalue weighted by molar-refractivity contribution is 5.92. The summed E-state index contributed by atoms with van der Waals surface area (Å²) in [6.45, 7) is 5.48. The average molecular weight is 277 g/mol. The summed E-state index contributed by atoms with van der Waals surface area (Å²) < 4.78 is 0. The molecule has 110 valence electrons. The lowest BCUT2D eigenvalue weighted by molar-refractivity contribution is -0.121. The lowest BCUT2D eigenvalue weighted by atomic mass is 10.2. The zero-order chi connectivity index (χ0) is 14.8. The second-order valence-electron chi connectivity index (χ2n) is 5.04. The molecule has 20 heavy (non-hydrogen) atoms.